The molecule has 0 atom stereocenters. The monoisotopic (exact) mass is 182 g/mol. The number of ketones is 2. The number of carbonyl (C=O) groups excluding carboxylic acids is 2. The van der Waals surface area contributed by atoms with Crippen molar-refractivity contribution in [3.05, 3.63) is 10.5 Å². The van der Waals surface area contributed by atoms with Crippen molar-refractivity contribution < 1.29 is 9.59 Å². The van der Waals surface area contributed by atoms with Crippen LogP contribution in [0.25, 0.3) is 0 Å². The zero-order valence-electron chi connectivity index (χ0n) is 6.76. The lowest BCUT2D eigenvalue weighted by Gasteiger charge is -2.21. The molecule has 2 rings (SSSR count). The second-order valence-electron chi connectivity index (χ2n) is 3.18. The fourth-order valence-corrected chi connectivity index (χ4v) is 2.73. The second-order valence-corrected chi connectivity index (χ2v) is 4.25. The van der Waals surface area contributed by atoms with Crippen LogP contribution in [0, 0.1) is 0 Å². The molecular formula is C9H10O2S. The number of allylic oxidation sites excluding steroid dienone is 2. The number of rotatable bonds is 0. The molecule has 0 aromatic rings. The van der Waals surface area contributed by atoms with E-state index in [0.29, 0.717) is 18.6 Å². The van der Waals surface area contributed by atoms with Gasteiger partial charge in [-0.1, -0.05) is 0 Å². The van der Waals surface area contributed by atoms with Crippen LogP contribution in [0.15, 0.2) is 10.5 Å². The van der Waals surface area contributed by atoms with E-state index in [1.165, 1.54) is 4.91 Å². The summed E-state index contributed by atoms with van der Waals surface area (Å²) in [6.45, 7) is 0. The van der Waals surface area contributed by atoms with Gasteiger partial charge in [0.15, 0.2) is 5.78 Å². The van der Waals surface area contributed by atoms with Crippen LogP contribution >= 0.6 is 11.8 Å². The van der Waals surface area contributed by atoms with Crippen LogP contribution in [0.4, 0.5) is 0 Å². The maximum absolute atomic E-state index is 11.4. The van der Waals surface area contributed by atoms with E-state index in [4.69, 9.17) is 0 Å². The van der Waals surface area contributed by atoms with Gasteiger partial charge in [0.1, 0.15) is 5.78 Å². The lowest BCUT2D eigenvalue weighted by molar-refractivity contribution is -0.120. The zero-order valence-corrected chi connectivity index (χ0v) is 7.58. The highest BCUT2D eigenvalue weighted by atomic mass is 32.2. The number of thioether (sulfide) groups is 1. The molecule has 0 amide bonds. The molecule has 0 saturated carbocycles. The average molecular weight is 182 g/mol. The van der Waals surface area contributed by atoms with E-state index < -0.39 is 0 Å². The molecule has 0 radical (unpaired) electrons. The smallest absolute Gasteiger partial charge is 0.160 e. The van der Waals surface area contributed by atoms with Crippen LogP contribution in [0.3, 0.4) is 0 Å². The average Bonchev–Trinajstić information content (AvgIpc) is 2.07. The van der Waals surface area contributed by atoms with E-state index in [0.717, 1.165) is 18.4 Å². The Bertz CT molecular complexity index is 278. The first-order valence-electron chi connectivity index (χ1n) is 4.17. The highest BCUT2D eigenvalue weighted by Gasteiger charge is 2.26. The van der Waals surface area contributed by atoms with Crippen molar-refractivity contribution in [3.8, 4) is 0 Å². The summed E-state index contributed by atoms with van der Waals surface area (Å²) in [5.74, 6) is 0.984. The van der Waals surface area contributed by atoms with Gasteiger partial charge in [0, 0.05) is 18.4 Å². The molecule has 0 aromatic carbocycles. The standard InChI is InChI=1S/C9H10O2S/c10-6-4-7-8(11)2-1-3-9(7)12-5-6/h1-5H2. The number of hydrogen-bond donors (Lipinski definition) is 0. The normalized spacial score (nSPS) is 24.3. The van der Waals surface area contributed by atoms with Crippen molar-refractivity contribution in [3.63, 3.8) is 0 Å². The molecule has 0 unspecified atom stereocenters. The van der Waals surface area contributed by atoms with Crippen LogP contribution in [0.2, 0.25) is 0 Å². The summed E-state index contributed by atoms with van der Waals surface area (Å²) in [6, 6.07) is 0. The fourth-order valence-electron chi connectivity index (χ4n) is 1.64. The summed E-state index contributed by atoms with van der Waals surface area (Å²) in [6.07, 6.45) is 3.03. The summed E-state index contributed by atoms with van der Waals surface area (Å²) in [5.41, 5.74) is 0.822. The first-order valence-corrected chi connectivity index (χ1v) is 5.15. The number of Topliss-reactive ketones (excluding diaryl/α,β-unsaturated/α-hetero) is 2. The molecule has 2 aliphatic rings. The molecule has 1 aliphatic carbocycles. The minimum absolute atomic E-state index is 0.203. The van der Waals surface area contributed by atoms with Crippen LogP contribution in [-0.2, 0) is 9.59 Å². The third-order valence-electron chi connectivity index (χ3n) is 2.26. The summed E-state index contributed by atoms with van der Waals surface area (Å²) < 4.78 is 0. The van der Waals surface area contributed by atoms with E-state index in [1.807, 2.05) is 0 Å². The third kappa shape index (κ3) is 1.33. The Hall–Kier alpha value is -0.570. The molecule has 0 bridgehead atoms. The lowest BCUT2D eigenvalue weighted by Crippen LogP contribution is -2.19. The van der Waals surface area contributed by atoms with Gasteiger partial charge in [-0.15, -0.1) is 11.8 Å². The van der Waals surface area contributed by atoms with Gasteiger partial charge < -0.3 is 0 Å². The Labute approximate surface area is 75.4 Å². The molecule has 0 saturated heterocycles. The molecule has 1 heterocycles. The van der Waals surface area contributed by atoms with Crippen LogP contribution in [0.1, 0.15) is 25.7 Å². The zero-order chi connectivity index (χ0) is 8.55. The fraction of sp³-hybridized carbons (Fsp3) is 0.556. The topological polar surface area (TPSA) is 34.1 Å². The van der Waals surface area contributed by atoms with E-state index in [9.17, 15) is 9.59 Å². The molecule has 0 N–H and O–H groups in total. The SMILES string of the molecule is O=C1CSC2=C(C1)C(=O)CCC2. The molecule has 64 valence electrons. The Kier molecular flexibility index (Phi) is 2.05. The molecule has 0 spiro atoms. The van der Waals surface area contributed by atoms with Crippen LogP contribution < -0.4 is 0 Å². The maximum Gasteiger partial charge on any atom is 0.160 e. The largest absolute Gasteiger partial charge is 0.298 e. The summed E-state index contributed by atoms with van der Waals surface area (Å²) in [7, 11) is 0. The minimum Gasteiger partial charge on any atom is -0.298 e. The predicted octanol–water partition coefficient (Wildman–Crippen LogP) is 1.70. The number of hydrogen-bond acceptors (Lipinski definition) is 3. The third-order valence-corrected chi connectivity index (χ3v) is 3.53. The number of carbonyl (C=O) groups is 2. The summed E-state index contributed by atoms with van der Waals surface area (Å²) >= 11 is 1.57. The van der Waals surface area contributed by atoms with Crippen LogP contribution in [0.5, 0.6) is 0 Å². The first-order chi connectivity index (χ1) is 5.77. The molecule has 1 aliphatic heterocycles. The lowest BCUT2D eigenvalue weighted by atomic mass is 9.94. The molecular weight excluding hydrogens is 172 g/mol. The van der Waals surface area contributed by atoms with Crippen molar-refractivity contribution in [1.82, 2.24) is 0 Å². The quantitative estimate of drug-likeness (QED) is 0.572. The highest BCUT2D eigenvalue weighted by molar-refractivity contribution is 8.03. The summed E-state index contributed by atoms with van der Waals surface area (Å²) in [5, 5.41) is 0. The van der Waals surface area contributed by atoms with Gasteiger partial charge in [0.25, 0.3) is 0 Å². The van der Waals surface area contributed by atoms with E-state index in [-0.39, 0.29) is 11.6 Å². The van der Waals surface area contributed by atoms with Gasteiger partial charge in [0.05, 0.1) is 5.75 Å². The highest BCUT2D eigenvalue weighted by Crippen LogP contribution is 2.36. The molecule has 2 nitrogen and oxygen atoms in total. The van der Waals surface area contributed by atoms with Gasteiger partial charge in [-0.05, 0) is 17.7 Å². The Morgan fingerprint density at radius 1 is 1.17 bits per heavy atom. The molecule has 12 heavy (non-hydrogen) atoms. The van der Waals surface area contributed by atoms with Gasteiger partial charge in [0.2, 0.25) is 0 Å². The van der Waals surface area contributed by atoms with E-state index in [1.54, 1.807) is 11.8 Å². The summed E-state index contributed by atoms with van der Waals surface area (Å²) in [4.78, 5) is 23.6. The van der Waals surface area contributed by atoms with Crippen molar-refractivity contribution in [1.29, 1.82) is 0 Å². The Morgan fingerprint density at radius 2 is 2.00 bits per heavy atom. The van der Waals surface area contributed by atoms with Crippen molar-refractivity contribution in [2.24, 2.45) is 0 Å². The van der Waals surface area contributed by atoms with E-state index >= 15 is 0 Å². The Morgan fingerprint density at radius 3 is 2.83 bits per heavy atom. The van der Waals surface area contributed by atoms with Gasteiger partial charge in [-0.2, -0.15) is 0 Å². The maximum atomic E-state index is 11.4. The second kappa shape index (κ2) is 3.05. The molecule has 0 aromatic heterocycles. The molecule has 0 fully saturated rings. The first kappa shape index (κ1) is 8.05. The minimum atomic E-state index is 0.203. The van der Waals surface area contributed by atoms with Crippen molar-refractivity contribution in [2.75, 3.05) is 5.75 Å². The molecule has 3 heteroatoms. The van der Waals surface area contributed by atoms with Crippen molar-refractivity contribution >= 4 is 23.3 Å². The van der Waals surface area contributed by atoms with Gasteiger partial charge >= 0.3 is 0 Å². The van der Waals surface area contributed by atoms with Gasteiger partial charge in [-0.3, -0.25) is 9.59 Å². The van der Waals surface area contributed by atoms with E-state index in [2.05, 4.69) is 0 Å². The van der Waals surface area contributed by atoms with Crippen LogP contribution in [-0.4, -0.2) is 17.3 Å². The predicted molar refractivity (Wildman–Crippen MR) is 48.0 cm³/mol. The Balaban J connectivity index is 2.31. The van der Waals surface area contributed by atoms with Gasteiger partial charge in [-0.25, -0.2) is 0 Å². The van der Waals surface area contributed by atoms with Crippen molar-refractivity contribution in [2.45, 2.75) is 25.7 Å².